The van der Waals surface area contributed by atoms with Gasteiger partial charge in [0, 0.05) is 10.1 Å². The van der Waals surface area contributed by atoms with Crippen LogP contribution in [0.3, 0.4) is 0 Å². The lowest BCUT2D eigenvalue weighted by molar-refractivity contribution is 0.600. The maximum atomic E-state index is 12.5. The molecule has 0 atom stereocenters. The van der Waals surface area contributed by atoms with Crippen molar-refractivity contribution in [2.24, 2.45) is 5.73 Å². The number of rotatable bonds is 4. The Bertz CT molecular complexity index is 779. The van der Waals surface area contributed by atoms with Crippen LogP contribution in [-0.2, 0) is 16.6 Å². The zero-order valence-corrected chi connectivity index (χ0v) is 15.0. The van der Waals surface area contributed by atoms with Gasteiger partial charge in [-0.05, 0) is 64.9 Å². The molecule has 0 radical (unpaired) electrons. The Morgan fingerprint density at radius 3 is 2.62 bits per heavy atom. The van der Waals surface area contributed by atoms with Crippen LogP contribution in [0.15, 0.2) is 41.3 Å². The van der Waals surface area contributed by atoms with Gasteiger partial charge in [0.2, 0.25) is 0 Å². The van der Waals surface area contributed by atoms with Crippen LogP contribution in [0.25, 0.3) is 0 Å². The fraction of sp³-hybridized carbons (Fsp3) is 0.143. The first-order valence-electron chi connectivity index (χ1n) is 6.11. The van der Waals surface area contributed by atoms with Crippen molar-refractivity contribution in [3.63, 3.8) is 0 Å². The molecule has 2 aromatic carbocycles. The first kappa shape index (κ1) is 16.5. The molecule has 0 saturated carbocycles. The first-order valence-corrected chi connectivity index (χ1v) is 9.05. The molecule has 0 aliphatic heterocycles. The predicted octanol–water partition coefficient (Wildman–Crippen LogP) is 3.51. The Kier molecular flexibility index (Phi) is 5.13. The van der Waals surface area contributed by atoms with Crippen molar-refractivity contribution in [2.45, 2.75) is 18.4 Å². The van der Waals surface area contributed by atoms with Gasteiger partial charge in [-0.2, -0.15) is 0 Å². The highest BCUT2D eigenvalue weighted by atomic mass is 127. The third-order valence-corrected chi connectivity index (χ3v) is 5.57. The van der Waals surface area contributed by atoms with Crippen molar-refractivity contribution in [1.82, 2.24) is 0 Å². The van der Waals surface area contributed by atoms with E-state index in [1.54, 1.807) is 37.3 Å². The summed E-state index contributed by atoms with van der Waals surface area (Å²) in [6.45, 7) is 2.03. The third kappa shape index (κ3) is 3.68. The van der Waals surface area contributed by atoms with Gasteiger partial charge in [-0.15, -0.1) is 0 Å². The molecule has 0 aliphatic carbocycles. The Morgan fingerprint density at radius 1 is 1.29 bits per heavy atom. The predicted molar refractivity (Wildman–Crippen MR) is 94.0 cm³/mol. The Balaban J connectivity index is 2.43. The number of sulfonamides is 1. The number of hydrogen-bond acceptors (Lipinski definition) is 3. The van der Waals surface area contributed by atoms with E-state index in [0.29, 0.717) is 22.8 Å². The first-order chi connectivity index (χ1) is 9.85. The highest BCUT2D eigenvalue weighted by Gasteiger charge is 2.19. The molecule has 0 saturated heterocycles. The summed E-state index contributed by atoms with van der Waals surface area (Å²) in [5, 5.41) is 0.359. The van der Waals surface area contributed by atoms with E-state index in [1.165, 1.54) is 0 Å². The van der Waals surface area contributed by atoms with Gasteiger partial charge in [0.1, 0.15) is 0 Å². The zero-order valence-electron chi connectivity index (χ0n) is 11.2. The van der Waals surface area contributed by atoms with Crippen molar-refractivity contribution in [3.05, 3.63) is 56.1 Å². The number of benzene rings is 2. The van der Waals surface area contributed by atoms with Crippen LogP contribution in [0.5, 0.6) is 0 Å². The number of halogens is 2. The molecule has 0 unspecified atom stereocenters. The topological polar surface area (TPSA) is 72.2 Å². The number of anilines is 1. The van der Waals surface area contributed by atoms with E-state index in [-0.39, 0.29) is 4.90 Å². The summed E-state index contributed by atoms with van der Waals surface area (Å²) in [5.41, 5.74) is 7.42. The standard InChI is InChI=1S/C14H14ClIN2O2S/c1-9-10(8-17)3-2-4-14(9)21(19,20)18-13-6-5-11(16)7-12(13)15/h2-7,18H,8,17H2,1H3. The van der Waals surface area contributed by atoms with Crippen molar-refractivity contribution < 1.29 is 8.42 Å². The molecule has 0 aliphatic rings. The van der Waals surface area contributed by atoms with Gasteiger partial charge in [0.15, 0.2) is 0 Å². The molecule has 21 heavy (non-hydrogen) atoms. The molecule has 112 valence electrons. The van der Waals surface area contributed by atoms with Crippen LogP contribution < -0.4 is 10.5 Å². The van der Waals surface area contributed by atoms with Gasteiger partial charge in [-0.3, -0.25) is 4.72 Å². The number of nitrogens with one attached hydrogen (secondary N) is 1. The quantitative estimate of drug-likeness (QED) is 0.721. The highest BCUT2D eigenvalue weighted by Crippen LogP contribution is 2.27. The summed E-state index contributed by atoms with van der Waals surface area (Å²) < 4.78 is 28.5. The normalized spacial score (nSPS) is 11.4. The minimum Gasteiger partial charge on any atom is -0.326 e. The molecule has 4 nitrogen and oxygen atoms in total. The monoisotopic (exact) mass is 436 g/mol. The summed E-state index contributed by atoms with van der Waals surface area (Å²) in [7, 11) is -3.70. The van der Waals surface area contributed by atoms with E-state index in [0.717, 1.165) is 9.13 Å². The molecule has 7 heteroatoms. The second kappa shape index (κ2) is 6.51. The van der Waals surface area contributed by atoms with E-state index in [4.69, 9.17) is 17.3 Å². The molecule has 0 heterocycles. The Labute approximate surface area is 142 Å². The van der Waals surface area contributed by atoms with Crippen LogP contribution in [0, 0.1) is 10.5 Å². The molecule has 2 aromatic rings. The largest absolute Gasteiger partial charge is 0.326 e. The van der Waals surface area contributed by atoms with Crippen LogP contribution in [0.2, 0.25) is 5.02 Å². The molecule has 0 aromatic heterocycles. The van der Waals surface area contributed by atoms with Gasteiger partial charge in [0.05, 0.1) is 15.6 Å². The summed E-state index contributed by atoms with van der Waals surface area (Å²) in [5.74, 6) is 0. The van der Waals surface area contributed by atoms with Gasteiger partial charge in [-0.25, -0.2) is 8.42 Å². The fourth-order valence-corrected chi connectivity index (χ4v) is 4.27. The average molecular weight is 437 g/mol. The van der Waals surface area contributed by atoms with E-state index in [9.17, 15) is 8.42 Å². The molecule has 0 spiro atoms. The van der Waals surface area contributed by atoms with Crippen LogP contribution in [-0.4, -0.2) is 8.42 Å². The molecule has 0 fully saturated rings. The lowest BCUT2D eigenvalue weighted by Gasteiger charge is -2.13. The Morgan fingerprint density at radius 2 is 2.00 bits per heavy atom. The van der Waals surface area contributed by atoms with E-state index in [2.05, 4.69) is 27.3 Å². The molecule has 2 rings (SSSR count). The summed E-state index contributed by atoms with van der Waals surface area (Å²) in [6.07, 6.45) is 0. The van der Waals surface area contributed by atoms with Crippen molar-refractivity contribution in [2.75, 3.05) is 4.72 Å². The lowest BCUT2D eigenvalue weighted by Crippen LogP contribution is -2.16. The number of hydrogen-bond donors (Lipinski definition) is 2. The van der Waals surface area contributed by atoms with Crippen molar-refractivity contribution in [1.29, 1.82) is 0 Å². The van der Waals surface area contributed by atoms with Crippen LogP contribution in [0.4, 0.5) is 5.69 Å². The van der Waals surface area contributed by atoms with Crippen molar-refractivity contribution in [3.8, 4) is 0 Å². The lowest BCUT2D eigenvalue weighted by atomic mass is 10.1. The van der Waals surface area contributed by atoms with Gasteiger partial charge >= 0.3 is 0 Å². The molecule has 0 bridgehead atoms. The van der Waals surface area contributed by atoms with Crippen LogP contribution in [0.1, 0.15) is 11.1 Å². The maximum absolute atomic E-state index is 12.5. The summed E-state index contributed by atoms with van der Waals surface area (Å²) in [6, 6.07) is 10.2. The third-order valence-electron chi connectivity index (χ3n) is 3.08. The Hall–Kier alpha value is -0.830. The highest BCUT2D eigenvalue weighted by molar-refractivity contribution is 14.1. The fourth-order valence-electron chi connectivity index (χ4n) is 1.94. The van der Waals surface area contributed by atoms with E-state index in [1.807, 2.05) is 6.07 Å². The second-order valence-electron chi connectivity index (χ2n) is 4.47. The number of nitrogens with two attached hydrogens (primary N) is 1. The molecular formula is C14H14ClIN2O2S. The minimum atomic E-state index is -3.70. The van der Waals surface area contributed by atoms with Gasteiger partial charge < -0.3 is 5.73 Å². The minimum absolute atomic E-state index is 0.208. The summed E-state index contributed by atoms with van der Waals surface area (Å²) >= 11 is 8.18. The van der Waals surface area contributed by atoms with E-state index >= 15 is 0 Å². The van der Waals surface area contributed by atoms with E-state index < -0.39 is 10.0 Å². The smallest absolute Gasteiger partial charge is 0.262 e. The van der Waals surface area contributed by atoms with Gasteiger partial charge in [-0.1, -0.05) is 23.7 Å². The SMILES string of the molecule is Cc1c(CN)cccc1S(=O)(=O)Nc1ccc(I)cc1Cl. The maximum Gasteiger partial charge on any atom is 0.262 e. The van der Waals surface area contributed by atoms with Crippen LogP contribution >= 0.6 is 34.2 Å². The second-order valence-corrected chi connectivity index (χ2v) is 7.78. The zero-order chi connectivity index (χ0) is 15.6. The van der Waals surface area contributed by atoms with Gasteiger partial charge in [0.25, 0.3) is 10.0 Å². The average Bonchev–Trinajstić information content (AvgIpc) is 2.42. The molecule has 3 N–H and O–H groups in total. The summed E-state index contributed by atoms with van der Waals surface area (Å²) in [4.78, 5) is 0.208. The molecular weight excluding hydrogens is 423 g/mol. The van der Waals surface area contributed by atoms with Crippen molar-refractivity contribution >= 4 is 49.9 Å². The molecule has 0 amide bonds.